The third-order valence-corrected chi connectivity index (χ3v) is 6.60. The van der Waals surface area contributed by atoms with Crippen molar-refractivity contribution < 1.29 is 19.2 Å². The van der Waals surface area contributed by atoms with Crippen molar-refractivity contribution in [3.05, 3.63) is 29.3 Å². The van der Waals surface area contributed by atoms with E-state index in [1.165, 1.54) is 12.8 Å². The fourth-order valence-corrected chi connectivity index (χ4v) is 4.87. The van der Waals surface area contributed by atoms with E-state index in [9.17, 15) is 19.2 Å². The molecule has 0 aliphatic carbocycles. The summed E-state index contributed by atoms with van der Waals surface area (Å²) in [5.74, 6) is -1.84. The highest BCUT2D eigenvalue weighted by atomic mass is 16.2. The van der Waals surface area contributed by atoms with Crippen LogP contribution in [-0.2, 0) is 9.59 Å². The van der Waals surface area contributed by atoms with Gasteiger partial charge in [0.1, 0.15) is 12.3 Å². The Balaban J connectivity index is 1.47. The molecule has 166 valence electrons. The molecule has 1 unspecified atom stereocenters. The van der Waals surface area contributed by atoms with E-state index in [-0.39, 0.29) is 18.4 Å². The molecule has 2 saturated heterocycles. The lowest BCUT2D eigenvalue weighted by atomic mass is 10.0. The van der Waals surface area contributed by atoms with E-state index in [0.29, 0.717) is 17.9 Å². The normalized spacial score (nSPS) is 21.3. The molecule has 1 atom stereocenters. The fraction of sp³-hybridized carbons (Fsp3) is 0.545. The Labute approximate surface area is 181 Å². The third-order valence-electron chi connectivity index (χ3n) is 6.60. The molecule has 0 radical (unpaired) electrons. The summed E-state index contributed by atoms with van der Waals surface area (Å²) in [6.45, 7) is 5.80. The maximum atomic E-state index is 13.0. The van der Waals surface area contributed by atoms with Gasteiger partial charge in [-0.25, -0.2) is 0 Å². The van der Waals surface area contributed by atoms with Gasteiger partial charge in [-0.1, -0.05) is 0 Å². The zero-order valence-electron chi connectivity index (χ0n) is 17.6. The average Bonchev–Trinajstić information content (AvgIpc) is 3.04. The average molecular weight is 428 g/mol. The minimum atomic E-state index is -1.12. The zero-order chi connectivity index (χ0) is 22.0. The van der Waals surface area contributed by atoms with E-state index in [4.69, 9.17) is 5.73 Å². The lowest BCUT2D eigenvalue weighted by Crippen LogP contribution is -2.52. The van der Waals surface area contributed by atoms with Crippen molar-refractivity contribution in [3.8, 4) is 0 Å². The Morgan fingerprint density at radius 1 is 1.10 bits per heavy atom. The monoisotopic (exact) mass is 427 g/mol. The van der Waals surface area contributed by atoms with E-state index in [1.807, 2.05) is 6.07 Å². The second kappa shape index (κ2) is 9.15. The van der Waals surface area contributed by atoms with Crippen molar-refractivity contribution >= 4 is 29.7 Å². The first-order chi connectivity index (χ1) is 15.0. The van der Waals surface area contributed by atoms with Gasteiger partial charge < -0.3 is 20.7 Å². The van der Waals surface area contributed by atoms with Gasteiger partial charge in [0, 0.05) is 44.3 Å². The molecule has 2 fully saturated rings. The van der Waals surface area contributed by atoms with Crippen LogP contribution in [0.2, 0.25) is 0 Å². The number of nitrogens with two attached hydrogens (primary N) is 1. The molecule has 0 bridgehead atoms. The lowest BCUT2D eigenvalue weighted by Gasteiger charge is -2.41. The molecule has 31 heavy (non-hydrogen) atoms. The summed E-state index contributed by atoms with van der Waals surface area (Å²) in [6.07, 6.45) is 3.09. The second-order valence-corrected chi connectivity index (χ2v) is 8.38. The SMILES string of the molecule is NC(=O)C(CCC=O)N1C(=O)c2ccc(N3CCN(C4CCNCC4)CC3)cc2C1=O. The van der Waals surface area contributed by atoms with Crippen molar-refractivity contribution in [1.82, 2.24) is 15.1 Å². The fourth-order valence-electron chi connectivity index (χ4n) is 4.87. The van der Waals surface area contributed by atoms with Crippen LogP contribution >= 0.6 is 0 Å². The molecule has 1 aromatic rings. The Bertz CT molecular complexity index is 875. The van der Waals surface area contributed by atoms with Crippen LogP contribution in [0.25, 0.3) is 0 Å². The minimum Gasteiger partial charge on any atom is -0.369 e. The van der Waals surface area contributed by atoms with Gasteiger partial charge in [0.15, 0.2) is 0 Å². The molecule has 9 nitrogen and oxygen atoms in total. The van der Waals surface area contributed by atoms with Crippen molar-refractivity contribution in [2.75, 3.05) is 44.2 Å². The van der Waals surface area contributed by atoms with Crippen LogP contribution in [0.4, 0.5) is 5.69 Å². The summed E-state index contributed by atoms with van der Waals surface area (Å²) in [5.41, 5.74) is 6.89. The third kappa shape index (κ3) is 4.20. The number of amides is 3. The number of hydrogen-bond acceptors (Lipinski definition) is 7. The first-order valence-corrected chi connectivity index (χ1v) is 11.0. The highest BCUT2D eigenvalue weighted by Gasteiger charge is 2.42. The number of rotatable bonds is 7. The Morgan fingerprint density at radius 2 is 1.77 bits per heavy atom. The van der Waals surface area contributed by atoms with E-state index in [1.54, 1.807) is 12.1 Å². The highest BCUT2D eigenvalue weighted by molar-refractivity contribution is 6.23. The first kappa shape index (κ1) is 21.5. The molecule has 3 aliphatic heterocycles. The molecule has 1 aromatic carbocycles. The van der Waals surface area contributed by atoms with Crippen LogP contribution in [0.15, 0.2) is 18.2 Å². The topological polar surface area (TPSA) is 116 Å². The van der Waals surface area contributed by atoms with Crippen LogP contribution in [0.3, 0.4) is 0 Å². The summed E-state index contributed by atoms with van der Waals surface area (Å²) in [4.78, 5) is 54.1. The number of carbonyl (C=O) groups is 4. The van der Waals surface area contributed by atoms with E-state index >= 15 is 0 Å². The lowest BCUT2D eigenvalue weighted by molar-refractivity contribution is -0.122. The molecule has 3 amide bonds. The number of imide groups is 1. The van der Waals surface area contributed by atoms with E-state index in [0.717, 1.165) is 49.9 Å². The smallest absolute Gasteiger partial charge is 0.262 e. The molecular weight excluding hydrogens is 398 g/mol. The number of nitrogens with zero attached hydrogens (tertiary/aromatic N) is 3. The number of aldehydes is 1. The number of benzene rings is 1. The predicted molar refractivity (Wildman–Crippen MR) is 115 cm³/mol. The Kier molecular flexibility index (Phi) is 6.33. The highest BCUT2D eigenvalue weighted by Crippen LogP contribution is 2.30. The molecular formula is C22H29N5O4. The molecule has 0 aromatic heterocycles. The minimum absolute atomic E-state index is 0.0375. The van der Waals surface area contributed by atoms with Crippen molar-refractivity contribution in [2.24, 2.45) is 5.73 Å². The summed E-state index contributed by atoms with van der Waals surface area (Å²) < 4.78 is 0. The van der Waals surface area contributed by atoms with Gasteiger partial charge >= 0.3 is 0 Å². The van der Waals surface area contributed by atoms with Crippen LogP contribution in [-0.4, -0.2) is 85.2 Å². The van der Waals surface area contributed by atoms with E-state index < -0.39 is 23.8 Å². The van der Waals surface area contributed by atoms with Gasteiger partial charge in [0.05, 0.1) is 11.1 Å². The number of piperazine rings is 1. The van der Waals surface area contributed by atoms with Crippen LogP contribution in [0.1, 0.15) is 46.4 Å². The summed E-state index contributed by atoms with van der Waals surface area (Å²) in [6, 6.07) is 4.77. The maximum absolute atomic E-state index is 13.0. The first-order valence-electron chi connectivity index (χ1n) is 11.0. The van der Waals surface area contributed by atoms with E-state index in [2.05, 4.69) is 15.1 Å². The molecule has 3 heterocycles. The quantitative estimate of drug-likeness (QED) is 0.464. The largest absolute Gasteiger partial charge is 0.369 e. The number of nitrogens with one attached hydrogen (secondary N) is 1. The molecule has 0 saturated carbocycles. The van der Waals surface area contributed by atoms with Crippen LogP contribution in [0, 0.1) is 0 Å². The summed E-state index contributed by atoms with van der Waals surface area (Å²) >= 11 is 0. The number of carbonyl (C=O) groups excluding carboxylic acids is 4. The van der Waals surface area contributed by atoms with Gasteiger partial charge in [-0.2, -0.15) is 0 Å². The Morgan fingerprint density at radius 3 is 2.42 bits per heavy atom. The second-order valence-electron chi connectivity index (χ2n) is 8.38. The summed E-state index contributed by atoms with van der Waals surface area (Å²) in [5, 5.41) is 3.40. The van der Waals surface area contributed by atoms with Crippen molar-refractivity contribution in [3.63, 3.8) is 0 Å². The standard InChI is InChI=1S/C22H29N5O4/c23-20(29)19(2-1-13-28)27-21(30)17-4-3-16(14-18(17)22(27)31)26-11-9-25(10-12-26)15-5-7-24-8-6-15/h3-4,13-15,19,24H,1-2,5-12H2,(H2,23,29). The molecule has 9 heteroatoms. The number of anilines is 1. The van der Waals surface area contributed by atoms with Crippen molar-refractivity contribution in [1.29, 1.82) is 0 Å². The summed E-state index contributed by atoms with van der Waals surface area (Å²) in [7, 11) is 0. The van der Waals surface area contributed by atoms with Crippen LogP contribution < -0.4 is 16.0 Å². The molecule has 0 spiro atoms. The number of hydrogen-bond donors (Lipinski definition) is 2. The predicted octanol–water partition coefficient (Wildman–Crippen LogP) is -0.0104. The molecule has 3 aliphatic rings. The van der Waals surface area contributed by atoms with Crippen molar-refractivity contribution in [2.45, 2.75) is 37.8 Å². The van der Waals surface area contributed by atoms with Gasteiger partial charge in [0.25, 0.3) is 11.8 Å². The van der Waals surface area contributed by atoms with Gasteiger partial charge in [-0.05, 0) is 50.6 Å². The number of primary amides is 1. The van der Waals surface area contributed by atoms with Gasteiger partial charge in [-0.15, -0.1) is 0 Å². The molecule has 4 rings (SSSR count). The maximum Gasteiger partial charge on any atom is 0.262 e. The Hall–Kier alpha value is -2.78. The van der Waals surface area contributed by atoms with Gasteiger partial charge in [-0.3, -0.25) is 24.2 Å². The zero-order valence-corrected chi connectivity index (χ0v) is 17.6. The number of piperidine rings is 1. The molecule has 3 N–H and O–H groups in total. The van der Waals surface area contributed by atoms with Crippen LogP contribution in [0.5, 0.6) is 0 Å². The number of fused-ring (bicyclic) bond motifs is 1. The van der Waals surface area contributed by atoms with Gasteiger partial charge in [0.2, 0.25) is 5.91 Å².